The van der Waals surface area contributed by atoms with Crippen LogP contribution in [0.2, 0.25) is 0 Å². The summed E-state index contributed by atoms with van der Waals surface area (Å²) >= 11 is 1.57. The minimum Gasteiger partial charge on any atom is -0.489 e. The van der Waals surface area contributed by atoms with Gasteiger partial charge in [0.05, 0.1) is 30.3 Å². The van der Waals surface area contributed by atoms with Crippen LogP contribution in [0.4, 0.5) is 46.8 Å². The van der Waals surface area contributed by atoms with E-state index in [1.54, 1.807) is 11.8 Å². The van der Waals surface area contributed by atoms with E-state index in [1.807, 2.05) is 11.2 Å². The van der Waals surface area contributed by atoms with Crippen molar-refractivity contribution in [3.8, 4) is 5.75 Å². The largest absolute Gasteiger partial charge is 0.489 e. The number of allylic oxidation sites excluding steroid dienone is 3. The Kier molecular flexibility index (Phi) is 11.0. The molecule has 0 aliphatic heterocycles. The van der Waals surface area contributed by atoms with Crippen molar-refractivity contribution in [1.29, 1.82) is 0 Å². The fourth-order valence-corrected chi connectivity index (χ4v) is 6.15. The zero-order chi connectivity index (χ0) is 33.9. The first-order chi connectivity index (χ1) is 22.2. The van der Waals surface area contributed by atoms with Gasteiger partial charge in [-0.25, -0.2) is 18.7 Å². The highest BCUT2D eigenvalue weighted by molar-refractivity contribution is 7.98. The summed E-state index contributed by atoms with van der Waals surface area (Å²) in [6.07, 6.45) is -0.815. The van der Waals surface area contributed by atoms with Crippen molar-refractivity contribution < 1.29 is 39.9 Å². The maximum atomic E-state index is 15.5. The number of anilines is 2. The summed E-state index contributed by atoms with van der Waals surface area (Å²) in [6, 6.07) is 1.14. The smallest absolute Gasteiger partial charge is 0.416 e. The van der Waals surface area contributed by atoms with E-state index in [2.05, 4.69) is 9.97 Å². The monoisotopic (exact) mass is 690 g/mol. The Labute approximate surface area is 273 Å². The van der Waals surface area contributed by atoms with Crippen LogP contribution in [0.1, 0.15) is 44.6 Å². The van der Waals surface area contributed by atoms with Gasteiger partial charge in [0.2, 0.25) is 5.95 Å². The van der Waals surface area contributed by atoms with Gasteiger partial charge in [-0.1, -0.05) is 6.08 Å². The number of aromatic nitrogens is 2. The summed E-state index contributed by atoms with van der Waals surface area (Å²) in [5.74, 6) is -0.750. The van der Waals surface area contributed by atoms with Gasteiger partial charge in [-0.15, -0.1) is 0 Å². The molecule has 1 aromatic heterocycles. The van der Waals surface area contributed by atoms with E-state index < -0.39 is 53.5 Å². The predicted octanol–water partition coefficient (Wildman–Crippen LogP) is 8.56. The number of thioether (sulfide) groups is 1. The Morgan fingerprint density at radius 2 is 1.60 bits per heavy atom. The summed E-state index contributed by atoms with van der Waals surface area (Å²) in [4.78, 5) is 12.2. The van der Waals surface area contributed by atoms with E-state index in [0.717, 1.165) is 37.8 Å². The fourth-order valence-electron chi connectivity index (χ4n) is 5.90. The van der Waals surface area contributed by atoms with Crippen LogP contribution in [-0.4, -0.2) is 66.6 Å². The van der Waals surface area contributed by atoms with E-state index in [9.17, 15) is 30.7 Å². The third kappa shape index (κ3) is 9.54. The Morgan fingerprint density at radius 3 is 2.15 bits per heavy atom. The van der Waals surface area contributed by atoms with Crippen molar-refractivity contribution in [1.82, 2.24) is 9.97 Å². The Morgan fingerprint density at radius 1 is 0.957 bits per heavy atom. The fraction of sp³-hybridized carbons (Fsp3) is 0.576. The molecule has 47 heavy (non-hydrogen) atoms. The highest BCUT2D eigenvalue weighted by Crippen LogP contribution is 2.42. The number of alkyl halides is 6. The van der Waals surface area contributed by atoms with Crippen molar-refractivity contribution in [2.24, 2.45) is 17.8 Å². The SMILES string of the molecule is CSCCOc1cnc(N(CCc2cc(F)cc(F)c2N(CC2CC2)CC2CC2)C(C)C2C=C(C(F)(F)F)C=C(C(F)(F)F)C2)nc1. The van der Waals surface area contributed by atoms with Gasteiger partial charge in [0.25, 0.3) is 0 Å². The van der Waals surface area contributed by atoms with Crippen LogP contribution < -0.4 is 14.5 Å². The van der Waals surface area contributed by atoms with Crippen LogP contribution in [0.15, 0.2) is 47.8 Å². The molecule has 1 aromatic carbocycles. The van der Waals surface area contributed by atoms with Crippen LogP contribution in [0, 0.1) is 29.4 Å². The molecule has 0 radical (unpaired) electrons. The average molecular weight is 691 g/mol. The van der Waals surface area contributed by atoms with Crippen LogP contribution in [-0.2, 0) is 6.42 Å². The van der Waals surface area contributed by atoms with Gasteiger partial charge in [0.15, 0.2) is 5.75 Å². The maximum Gasteiger partial charge on any atom is 0.416 e. The lowest BCUT2D eigenvalue weighted by atomic mass is 9.84. The summed E-state index contributed by atoms with van der Waals surface area (Å²) < 4.78 is 119. The Bertz CT molecular complexity index is 1420. The molecule has 0 spiro atoms. The first kappa shape index (κ1) is 35.3. The third-order valence-corrected chi connectivity index (χ3v) is 9.38. The molecule has 5 rings (SSSR count). The molecule has 3 aliphatic carbocycles. The molecule has 2 unspecified atom stereocenters. The number of ether oxygens (including phenoxy) is 1. The molecule has 2 atom stereocenters. The summed E-state index contributed by atoms with van der Waals surface area (Å²) in [6.45, 7) is 3.14. The van der Waals surface area contributed by atoms with E-state index >= 15 is 4.39 Å². The van der Waals surface area contributed by atoms with Crippen molar-refractivity contribution in [2.75, 3.05) is 48.0 Å². The van der Waals surface area contributed by atoms with E-state index in [0.29, 0.717) is 48.6 Å². The van der Waals surface area contributed by atoms with Crippen LogP contribution in [0.25, 0.3) is 0 Å². The predicted molar refractivity (Wildman–Crippen MR) is 167 cm³/mol. The molecule has 0 amide bonds. The molecular formula is C33H38F8N4OS. The molecule has 3 aliphatic rings. The van der Waals surface area contributed by atoms with Crippen LogP contribution in [0.3, 0.4) is 0 Å². The van der Waals surface area contributed by atoms with Crippen LogP contribution in [0.5, 0.6) is 5.75 Å². The van der Waals surface area contributed by atoms with Gasteiger partial charge in [0, 0.05) is 49.0 Å². The average Bonchev–Trinajstić information content (AvgIpc) is 3.94. The summed E-state index contributed by atoms with van der Waals surface area (Å²) in [5.41, 5.74) is -2.01. The lowest BCUT2D eigenvalue weighted by molar-refractivity contribution is -0.100. The second-order valence-corrected chi connectivity index (χ2v) is 13.6. The lowest BCUT2D eigenvalue weighted by Crippen LogP contribution is -2.42. The molecule has 14 heteroatoms. The molecule has 258 valence electrons. The zero-order valence-electron chi connectivity index (χ0n) is 26.2. The van der Waals surface area contributed by atoms with E-state index in [4.69, 9.17) is 4.74 Å². The second-order valence-electron chi connectivity index (χ2n) is 12.6. The topological polar surface area (TPSA) is 41.5 Å². The van der Waals surface area contributed by atoms with Crippen LogP contribution >= 0.6 is 11.8 Å². The van der Waals surface area contributed by atoms with Crippen molar-refractivity contribution in [3.05, 3.63) is 65.0 Å². The number of hydrogen-bond acceptors (Lipinski definition) is 6. The van der Waals surface area contributed by atoms with Gasteiger partial charge in [-0.3, -0.25) is 0 Å². The van der Waals surface area contributed by atoms with Gasteiger partial charge < -0.3 is 14.5 Å². The normalized spacial score (nSPS) is 19.2. The minimum absolute atomic E-state index is 0.0266. The number of nitrogens with zero attached hydrogens (tertiary/aromatic N) is 4. The molecule has 2 aromatic rings. The molecule has 2 saturated carbocycles. The molecule has 5 nitrogen and oxygen atoms in total. The standard InChI is InChI=1S/C33H38F8N4OS/c1-20(24-11-25(32(36,37)38)14-26(12-24)33(39,40)41)45(31-42-16-28(17-43-31)46-9-10-47-2)8-7-23-13-27(34)15-29(35)30(23)44(18-21-3-4-21)19-22-5-6-22/h11,13-17,20-22,24H,3-10,12,18-19H2,1-2H3. The number of hydrogen-bond donors (Lipinski definition) is 0. The minimum atomic E-state index is -4.99. The summed E-state index contributed by atoms with van der Waals surface area (Å²) in [5, 5.41) is 0. The molecule has 0 bridgehead atoms. The summed E-state index contributed by atoms with van der Waals surface area (Å²) in [7, 11) is 0. The van der Waals surface area contributed by atoms with Gasteiger partial charge in [-0.2, -0.15) is 38.1 Å². The number of benzene rings is 1. The van der Waals surface area contributed by atoms with Crippen molar-refractivity contribution in [2.45, 2.75) is 63.8 Å². The second kappa shape index (κ2) is 14.6. The Balaban J connectivity index is 1.47. The van der Waals surface area contributed by atoms with E-state index in [1.165, 1.54) is 30.3 Å². The highest BCUT2D eigenvalue weighted by Gasteiger charge is 2.43. The quantitative estimate of drug-likeness (QED) is 0.138. The molecule has 0 saturated heterocycles. The third-order valence-electron chi connectivity index (χ3n) is 8.81. The van der Waals surface area contributed by atoms with Gasteiger partial charge in [0.1, 0.15) is 11.6 Å². The number of halogens is 8. The highest BCUT2D eigenvalue weighted by atomic mass is 32.2. The Hall–Kier alpha value is -3.03. The molecule has 0 N–H and O–H groups in total. The van der Waals surface area contributed by atoms with Crippen molar-refractivity contribution in [3.63, 3.8) is 0 Å². The molecule has 2 fully saturated rings. The van der Waals surface area contributed by atoms with Gasteiger partial charge in [-0.05, 0) is 81.2 Å². The first-order valence-electron chi connectivity index (χ1n) is 15.7. The molecular weight excluding hydrogens is 652 g/mol. The van der Waals surface area contributed by atoms with E-state index in [-0.39, 0.29) is 30.7 Å². The van der Waals surface area contributed by atoms with Crippen molar-refractivity contribution >= 4 is 23.4 Å². The zero-order valence-corrected chi connectivity index (χ0v) is 27.0. The maximum absolute atomic E-state index is 15.5. The lowest BCUT2D eigenvalue weighted by Gasteiger charge is -2.36. The number of rotatable bonds is 15. The first-order valence-corrected chi connectivity index (χ1v) is 17.1. The molecule has 1 heterocycles. The van der Waals surface area contributed by atoms with Gasteiger partial charge >= 0.3 is 12.4 Å².